The van der Waals surface area contributed by atoms with Crippen molar-refractivity contribution in [2.45, 2.75) is 50.6 Å². The number of thioether (sulfide) groups is 1. The van der Waals surface area contributed by atoms with Crippen LogP contribution in [0.15, 0.2) is 17.0 Å². The highest BCUT2D eigenvalue weighted by Crippen LogP contribution is 2.40. The van der Waals surface area contributed by atoms with Crippen molar-refractivity contribution in [1.29, 1.82) is 0 Å². The van der Waals surface area contributed by atoms with E-state index in [4.69, 9.17) is 0 Å². The first-order valence-corrected chi connectivity index (χ1v) is 7.90. The number of carbonyl (C=O) groups is 1. The van der Waals surface area contributed by atoms with Gasteiger partial charge in [-0.15, -0.1) is 11.8 Å². The summed E-state index contributed by atoms with van der Waals surface area (Å²) in [5.41, 5.74) is -0.443. The molecule has 21 heavy (non-hydrogen) atoms. The van der Waals surface area contributed by atoms with E-state index in [1.165, 1.54) is 0 Å². The van der Waals surface area contributed by atoms with Gasteiger partial charge in [0.2, 0.25) is 0 Å². The lowest BCUT2D eigenvalue weighted by molar-refractivity contribution is -0.139. The molecule has 0 unspecified atom stereocenters. The highest BCUT2D eigenvalue weighted by molar-refractivity contribution is 7.99. The fraction of sp³-hybridized carbons (Fsp3) is 0.533. The number of aromatic carboxylic acids is 1. The normalized spacial score (nSPS) is 11.7. The number of carboxylic acids is 1. The number of rotatable bonds is 7. The van der Waals surface area contributed by atoms with Gasteiger partial charge in [-0.1, -0.05) is 26.7 Å². The second-order valence-electron chi connectivity index (χ2n) is 4.72. The molecule has 118 valence electrons. The van der Waals surface area contributed by atoms with E-state index in [0.29, 0.717) is 24.2 Å². The van der Waals surface area contributed by atoms with Crippen LogP contribution in [0.5, 0.6) is 0 Å². The van der Waals surface area contributed by atoms with Gasteiger partial charge >= 0.3 is 12.1 Å². The van der Waals surface area contributed by atoms with Gasteiger partial charge in [-0.25, -0.2) is 4.79 Å². The Morgan fingerprint density at radius 1 is 1.24 bits per heavy atom. The van der Waals surface area contributed by atoms with Gasteiger partial charge in [0.15, 0.2) is 0 Å². The molecule has 1 aromatic carbocycles. The highest BCUT2D eigenvalue weighted by atomic mass is 32.2. The average Bonchev–Trinajstić information content (AvgIpc) is 2.38. The third kappa shape index (κ3) is 4.66. The molecule has 0 saturated heterocycles. The Hall–Kier alpha value is -1.17. The van der Waals surface area contributed by atoms with Gasteiger partial charge in [-0.05, 0) is 36.3 Å². The standard InChI is InChI=1S/C15H19F3O2S/c1-3-5-9-21-13-10(6-4-2)11(14(19)20)7-8-12(13)15(16,17)18/h7-8H,3-6,9H2,1-2H3,(H,19,20). The fourth-order valence-electron chi connectivity index (χ4n) is 2.03. The lowest BCUT2D eigenvalue weighted by Gasteiger charge is -2.18. The maximum Gasteiger partial charge on any atom is 0.417 e. The maximum atomic E-state index is 13.1. The third-order valence-corrected chi connectivity index (χ3v) is 4.29. The van der Waals surface area contributed by atoms with Crippen molar-refractivity contribution in [3.63, 3.8) is 0 Å². The number of hydrogen-bond acceptors (Lipinski definition) is 2. The van der Waals surface area contributed by atoms with Crippen molar-refractivity contribution in [3.8, 4) is 0 Å². The Bertz CT molecular complexity index is 498. The van der Waals surface area contributed by atoms with E-state index in [9.17, 15) is 23.1 Å². The molecular weight excluding hydrogens is 301 g/mol. The zero-order chi connectivity index (χ0) is 16.0. The summed E-state index contributed by atoms with van der Waals surface area (Å²) in [6.07, 6.45) is -1.85. The second-order valence-corrected chi connectivity index (χ2v) is 5.83. The SMILES string of the molecule is CCCCSc1c(C(F)(F)F)ccc(C(=O)O)c1CCC. The Morgan fingerprint density at radius 2 is 1.90 bits per heavy atom. The van der Waals surface area contributed by atoms with Crippen LogP contribution in [0.25, 0.3) is 0 Å². The summed E-state index contributed by atoms with van der Waals surface area (Å²) in [6, 6.07) is 1.96. The van der Waals surface area contributed by atoms with E-state index < -0.39 is 17.7 Å². The minimum atomic E-state index is -4.46. The molecule has 1 N–H and O–H groups in total. The number of carboxylic acid groups (broad SMARTS) is 1. The zero-order valence-corrected chi connectivity index (χ0v) is 12.9. The van der Waals surface area contributed by atoms with Crippen LogP contribution in [0, 0.1) is 0 Å². The number of hydrogen-bond donors (Lipinski definition) is 1. The minimum Gasteiger partial charge on any atom is -0.478 e. The molecule has 0 bridgehead atoms. The molecule has 0 saturated carbocycles. The predicted octanol–water partition coefficient (Wildman–Crippen LogP) is 5.25. The van der Waals surface area contributed by atoms with Crippen molar-refractivity contribution in [1.82, 2.24) is 0 Å². The molecule has 0 aliphatic heterocycles. The number of unbranched alkanes of at least 4 members (excludes halogenated alkanes) is 1. The molecule has 6 heteroatoms. The summed E-state index contributed by atoms with van der Waals surface area (Å²) in [5, 5.41) is 9.19. The molecule has 0 heterocycles. The summed E-state index contributed by atoms with van der Waals surface area (Å²) in [4.78, 5) is 11.3. The van der Waals surface area contributed by atoms with Crippen LogP contribution >= 0.6 is 11.8 Å². The molecule has 0 amide bonds. The fourth-order valence-corrected chi connectivity index (χ4v) is 3.40. The number of halogens is 3. The van der Waals surface area contributed by atoms with Gasteiger partial charge < -0.3 is 5.11 Å². The van der Waals surface area contributed by atoms with E-state index in [0.717, 1.165) is 36.7 Å². The lowest BCUT2D eigenvalue weighted by atomic mass is 9.99. The summed E-state index contributed by atoms with van der Waals surface area (Å²) >= 11 is 1.11. The summed E-state index contributed by atoms with van der Waals surface area (Å²) in [6.45, 7) is 3.79. The Morgan fingerprint density at radius 3 is 2.38 bits per heavy atom. The molecule has 0 aromatic heterocycles. The summed E-state index contributed by atoms with van der Waals surface area (Å²) in [7, 11) is 0. The lowest BCUT2D eigenvalue weighted by Crippen LogP contribution is -2.12. The average molecular weight is 320 g/mol. The van der Waals surface area contributed by atoms with Crippen LogP contribution in [-0.4, -0.2) is 16.8 Å². The predicted molar refractivity (Wildman–Crippen MR) is 78.0 cm³/mol. The van der Waals surface area contributed by atoms with Crippen molar-refractivity contribution in [2.24, 2.45) is 0 Å². The molecule has 0 aliphatic carbocycles. The first-order valence-electron chi connectivity index (χ1n) is 6.92. The molecule has 0 aliphatic rings. The topological polar surface area (TPSA) is 37.3 Å². The van der Waals surface area contributed by atoms with Gasteiger partial charge in [0.25, 0.3) is 0 Å². The number of benzene rings is 1. The van der Waals surface area contributed by atoms with Gasteiger partial charge in [-0.3, -0.25) is 0 Å². The molecule has 0 fully saturated rings. The van der Waals surface area contributed by atoms with E-state index in [1.54, 1.807) is 0 Å². The quantitative estimate of drug-likeness (QED) is 0.551. The molecule has 0 atom stereocenters. The first kappa shape index (κ1) is 17.9. The molecule has 1 aromatic rings. The van der Waals surface area contributed by atoms with Crippen molar-refractivity contribution in [2.75, 3.05) is 5.75 Å². The van der Waals surface area contributed by atoms with E-state index in [-0.39, 0.29) is 10.5 Å². The van der Waals surface area contributed by atoms with E-state index in [1.807, 2.05) is 13.8 Å². The number of alkyl halides is 3. The molecule has 0 spiro atoms. The Kier molecular flexibility index (Phi) is 6.58. The third-order valence-electron chi connectivity index (χ3n) is 3.04. The van der Waals surface area contributed by atoms with Crippen molar-refractivity contribution < 1.29 is 23.1 Å². The largest absolute Gasteiger partial charge is 0.478 e. The zero-order valence-electron chi connectivity index (χ0n) is 12.1. The van der Waals surface area contributed by atoms with Gasteiger partial charge in [0.1, 0.15) is 0 Å². The molecule has 1 rings (SSSR count). The minimum absolute atomic E-state index is 0.0242. The van der Waals surface area contributed by atoms with Crippen LogP contribution in [0.1, 0.15) is 54.6 Å². The van der Waals surface area contributed by atoms with Crippen LogP contribution in [0.2, 0.25) is 0 Å². The second kappa shape index (κ2) is 7.73. The van der Waals surface area contributed by atoms with Crippen LogP contribution in [0.3, 0.4) is 0 Å². The Labute approximate surface area is 126 Å². The molecular formula is C15H19F3O2S. The smallest absolute Gasteiger partial charge is 0.417 e. The molecule has 2 nitrogen and oxygen atoms in total. The van der Waals surface area contributed by atoms with E-state index in [2.05, 4.69) is 0 Å². The van der Waals surface area contributed by atoms with Gasteiger partial charge in [0.05, 0.1) is 11.1 Å². The van der Waals surface area contributed by atoms with Gasteiger partial charge in [0, 0.05) is 4.90 Å². The monoisotopic (exact) mass is 320 g/mol. The molecule has 0 radical (unpaired) electrons. The van der Waals surface area contributed by atoms with Crippen molar-refractivity contribution in [3.05, 3.63) is 28.8 Å². The summed E-state index contributed by atoms with van der Waals surface area (Å²) < 4.78 is 39.4. The summed E-state index contributed by atoms with van der Waals surface area (Å²) in [5.74, 6) is -0.621. The highest BCUT2D eigenvalue weighted by Gasteiger charge is 2.35. The Balaban J connectivity index is 3.39. The van der Waals surface area contributed by atoms with E-state index >= 15 is 0 Å². The van der Waals surface area contributed by atoms with Crippen molar-refractivity contribution >= 4 is 17.7 Å². The first-order chi connectivity index (χ1) is 9.82. The van der Waals surface area contributed by atoms with Crippen LogP contribution < -0.4 is 0 Å². The van der Waals surface area contributed by atoms with Crippen LogP contribution in [0.4, 0.5) is 13.2 Å². The maximum absolute atomic E-state index is 13.1. The van der Waals surface area contributed by atoms with Crippen LogP contribution in [-0.2, 0) is 12.6 Å². The van der Waals surface area contributed by atoms with Gasteiger partial charge in [-0.2, -0.15) is 13.2 Å².